The average Bonchev–Trinajstić information content (AvgIpc) is 3.56. The van der Waals surface area contributed by atoms with Crippen LogP contribution in [0, 0.1) is 11.3 Å². The summed E-state index contributed by atoms with van der Waals surface area (Å²) >= 11 is 0. The maximum absolute atomic E-state index is 13.6. The molecule has 3 amide bonds. The standard InChI is InChI=1S/C32H42N4O5S.ClH/c1-42(39,40)28-9-7-25(8-10-28)21-35-16-13-32(30(35)37)11-14-33(15-12-32)22-27-23-36(31(38)34-17-19-41-20-18-34)24-29(27)26-5-3-2-4-6-26;/h2-10,27,29H,11-24H2,1H3;1H. The van der Waals surface area contributed by atoms with E-state index in [1.807, 2.05) is 32.9 Å². The van der Waals surface area contributed by atoms with E-state index in [-0.39, 0.29) is 29.8 Å². The Morgan fingerprint density at radius 2 is 1.53 bits per heavy atom. The van der Waals surface area contributed by atoms with Gasteiger partial charge in [0.15, 0.2) is 9.84 Å². The van der Waals surface area contributed by atoms with E-state index in [9.17, 15) is 18.0 Å². The topological polar surface area (TPSA) is 90.5 Å². The lowest BCUT2D eigenvalue weighted by Gasteiger charge is -2.39. The number of amides is 3. The van der Waals surface area contributed by atoms with Gasteiger partial charge in [-0.15, -0.1) is 12.4 Å². The van der Waals surface area contributed by atoms with Crippen LogP contribution in [0.4, 0.5) is 4.79 Å². The van der Waals surface area contributed by atoms with Gasteiger partial charge >= 0.3 is 6.03 Å². The Kier molecular flexibility index (Phi) is 9.70. The number of benzene rings is 2. The van der Waals surface area contributed by atoms with E-state index in [2.05, 4.69) is 29.2 Å². The molecule has 2 unspecified atom stereocenters. The van der Waals surface area contributed by atoms with Gasteiger partial charge in [-0.05, 0) is 61.5 Å². The van der Waals surface area contributed by atoms with Gasteiger partial charge in [0.25, 0.3) is 0 Å². The summed E-state index contributed by atoms with van der Waals surface area (Å²) in [6.45, 7) is 7.96. The van der Waals surface area contributed by atoms with E-state index in [0.717, 1.165) is 64.1 Å². The minimum absolute atomic E-state index is 0. The molecule has 0 radical (unpaired) electrons. The number of carbonyl (C=O) groups excluding carboxylic acids is 2. The van der Waals surface area contributed by atoms with E-state index in [1.165, 1.54) is 11.8 Å². The molecule has 43 heavy (non-hydrogen) atoms. The van der Waals surface area contributed by atoms with Crippen LogP contribution in [0.3, 0.4) is 0 Å². The minimum Gasteiger partial charge on any atom is -0.378 e. The van der Waals surface area contributed by atoms with Crippen molar-refractivity contribution in [2.45, 2.75) is 36.6 Å². The van der Waals surface area contributed by atoms with Crippen LogP contribution in [0.5, 0.6) is 0 Å². The van der Waals surface area contributed by atoms with Gasteiger partial charge in [0.05, 0.1) is 23.5 Å². The summed E-state index contributed by atoms with van der Waals surface area (Å²) in [5.74, 6) is 0.876. The average molecular weight is 631 g/mol. The molecule has 0 bridgehead atoms. The van der Waals surface area contributed by atoms with E-state index in [4.69, 9.17) is 4.74 Å². The molecule has 2 aromatic carbocycles. The first kappa shape index (κ1) is 31.8. The van der Waals surface area contributed by atoms with Crippen LogP contribution in [0.25, 0.3) is 0 Å². The molecule has 9 nitrogen and oxygen atoms in total. The van der Waals surface area contributed by atoms with Gasteiger partial charge in [0.1, 0.15) is 0 Å². The molecular weight excluding hydrogens is 588 g/mol. The number of ether oxygens (including phenoxy) is 1. The van der Waals surface area contributed by atoms with Crippen molar-refractivity contribution in [3.8, 4) is 0 Å². The fourth-order valence-corrected chi connectivity index (χ4v) is 7.94. The lowest BCUT2D eigenvalue weighted by molar-refractivity contribution is -0.139. The molecule has 4 heterocycles. The summed E-state index contributed by atoms with van der Waals surface area (Å²) in [5.41, 5.74) is 1.95. The smallest absolute Gasteiger partial charge is 0.320 e. The molecule has 4 aliphatic rings. The van der Waals surface area contributed by atoms with Crippen LogP contribution in [-0.4, -0.2) is 112 Å². The number of likely N-dealkylation sites (tertiary alicyclic amines) is 3. The first-order valence-corrected chi connectivity index (χ1v) is 17.1. The Bertz CT molecular complexity index is 1380. The third-order valence-corrected chi connectivity index (χ3v) is 11.0. The first-order valence-electron chi connectivity index (χ1n) is 15.2. The molecular formula is C32H43ClN4O5S. The largest absolute Gasteiger partial charge is 0.378 e. The van der Waals surface area contributed by atoms with Gasteiger partial charge in [0, 0.05) is 58.0 Å². The third kappa shape index (κ3) is 6.87. The zero-order chi connectivity index (χ0) is 29.3. The van der Waals surface area contributed by atoms with E-state index >= 15 is 0 Å². The number of rotatable bonds is 6. The summed E-state index contributed by atoms with van der Waals surface area (Å²) in [7, 11) is -3.24. The zero-order valence-electron chi connectivity index (χ0n) is 24.9. The Hall–Kier alpha value is -2.66. The molecule has 0 aliphatic carbocycles. The highest BCUT2D eigenvalue weighted by Crippen LogP contribution is 2.43. The van der Waals surface area contributed by atoms with Gasteiger partial charge in [-0.2, -0.15) is 0 Å². The molecule has 2 atom stereocenters. The molecule has 0 saturated carbocycles. The molecule has 0 aromatic heterocycles. The van der Waals surface area contributed by atoms with E-state index < -0.39 is 9.84 Å². The second-order valence-corrected chi connectivity index (χ2v) is 14.6. The van der Waals surface area contributed by atoms with Crippen molar-refractivity contribution in [3.05, 3.63) is 65.7 Å². The highest BCUT2D eigenvalue weighted by molar-refractivity contribution is 7.90. The second-order valence-electron chi connectivity index (χ2n) is 12.5. The van der Waals surface area contributed by atoms with E-state index in [1.54, 1.807) is 12.1 Å². The summed E-state index contributed by atoms with van der Waals surface area (Å²) in [6, 6.07) is 17.6. The zero-order valence-corrected chi connectivity index (χ0v) is 26.5. The highest BCUT2D eigenvalue weighted by atomic mass is 35.5. The van der Waals surface area contributed by atoms with Crippen molar-refractivity contribution in [1.29, 1.82) is 0 Å². The maximum atomic E-state index is 13.6. The van der Waals surface area contributed by atoms with Crippen LogP contribution in [0.2, 0.25) is 0 Å². The maximum Gasteiger partial charge on any atom is 0.320 e. The summed E-state index contributed by atoms with van der Waals surface area (Å²) in [4.78, 5) is 35.7. The number of halogens is 1. The number of urea groups is 1. The number of nitrogens with zero attached hydrogens (tertiary/aromatic N) is 4. The van der Waals surface area contributed by atoms with Crippen molar-refractivity contribution in [2.75, 3.05) is 71.8 Å². The molecule has 234 valence electrons. The predicted octanol–water partition coefficient (Wildman–Crippen LogP) is 3.49. The lowest BCUT2D eigenvalue weighted by Crippen LogP contribution is -2.48. The SMILES string of the molecule is CS(=O)(=O)c1ccc(CN2CCC3(CCN(CC4CN(C(=O)N5CCOCC5)CC4c4ccccc4)CC3)C2=O)cc1.Cl. The van der Waals surface area contributed by atoms with Crippen LogP contribution >= 0.6 is 12.4 Å². The lowest BCUT2D eigenvalue weighted by atomic mass is 9.76. The van der Waals surface area contributed by atoms with Gasteiger partial charge < -0.3 is 24.3 Å². The molecule has 6 rings (SSSR count). The number of carbonyl (C=O) groups is 2. The van der Waals surface area contributed by atoms with Gasteiger partial charge in [0.2, 0.25) is 5.91 Å². The molecule has 11 heteroatoms. The summed E-state index contributed by atoms with van der Waals surface area (Å²) in [5, 5.41) is 0. The van der Waals surface area contributed by atoms with Crippen molar-refractivity contribution in [1.82, 2.24) is 19.6 Å². The van der Waals surface area contributed by atoms with Crippen molar-refractivity contribution in [2.24, 2.45) is 11.3 Å². The van der Waals surface area contributed by atoms with Crippen LogP contribution < -0.4 is 0 Å². The normalized spacial score (nSPS) is 24.4. The first-order chi connectivity index (χ1) is 20.2. The number of hydrogen-bond acceptors (Lipinski definition) is 6. The number of sulfone groups is 1. The molecule has 4 aliphatic heterocycles. The second kappa shape index (κ2) is 13.1. The van der Waals surface area contributed by atoms with Crippen molar-refractivity contribution < 1.29 is 22.7 Å². The summed E-state index contributed by atoms with van der Waals surface area (Å²) in [6.07, 6.45) is 3.79. The molecule has 1 spiro atoms. The molecule has 2 aromatic rings. The molecule has 4 saturated heterocycles. The fourth-order valence-electron chi connectivity index (χ4n) is 7.31. The van der Waals surface area contributed by atoms with Crippen LogP contribution in [0.15, 0.2) is 59.5 Å². The molecule has 4 fully saturated rings. The van der Waals surface area contributed by atoms with Crippen molar-refractivity contribution in [3.63, 3.8) is 0 Å². The Balaban J connectivity index is 0.00000368. The summed E-state index contributed by atoms with van der Waals surface area (Å²) < 4.78 is 29.0. The number of piperidine rings is 1. The van der Waals surface area contributed by atoms with E-state index in [0.29, 0.717) is 49.6 Å². The van der Waals surface area contributed by atoms with Crippen LogP contribution in [-0.2, 0) is 25.9 Å². The van der Waals surface area contributed by atoms with Gasteiger partial charge in [-0.25, -0.2) is 13.2 Å². The monoisotopic (exact) mass is 630 g/mol. The Labute approximate surface area is 261 Å². The third-order valence-electron chi connectivity index (χ3n) is 9.85. The molecule has 0 N–H and O–H groups in total. The van der Waals surface area contributed by atoms with Crippen LogP contribution in [0.1, 0.15) is 36.3 Å². The minimum atomic E-state index is -3.24. The number of morpholine rings is 1. The number of hydrogen-bond donors (Lipinski definition) is 0. The highest BCUT2D eigenvalue weighted by Gasteiger charge is 2.48. The van der Waals surface area contributed by atoms with Gasteiger partial charge in [-0.3, -0.25) is 4.79 Å². The van der Waals surface area contributed by atoms with Crippen molar-refractivity contribution >= 4 is 34.2 Å². The fraction of sp³-hybridized carbons (Fsp3) is 0.562. The Morgan fingerprint density at radius 1 is 0.884 bits per heavy atom. The van der Waals surface area contributed by atoms with Gasteiger partial charge in [-0.1, -0.05) is 42.5 Å². The predicted molar refractivity (Wildman–Crippen MR) is 167 cm³/mol. The quantitative estimate of drug-likeness (QED) is 0.486. The Morgan fingerprint density at radius 3 is 2.19 bits per heavy atom.